The van der Waals surface area contributed by atoms with Gasteiger partial charge in [-0.3, -0.25) is 4.79 Å². The number of aliphatic hydroxyl groups is 1. The highest BCUT2D eigenvalue weighted by Gasteiger charge is 2.08. The fraction of sp³-hybridized carbons (Fsp3) is 0.545. The van der Waals surface area contributed by atoms with Crippen LogP contribution in [0.25, 0.3) is 0 Å². The van der Waals surface area contributed by atoms with Crippen LogP contribution in [0.4, 0.5) is 0 Å². The Bertz CT molecular complexity index is 371. The van der Waals surface area contributed by atoms with E-state index in [4.69, 9.17) is 19.0 Å². The Morgan fingerprint density at radius 2 is 2.31 bits per heavy atom. The zero-order chi connectivity index (χ0) is 12.0. The summed E-state index contributed by atoms with van der Waals surface area (Å²) in [6.07, 6.45) is 1.79. The first-order valence-corrected chi connectivity index (χ1v) is 5.05. The van der Waals surface area contributed by atoms with Gasteiger partial charge in [0.15, 0.2) is 0 Å². The van der Waals surface area contributed by atoms with Gasteiger partial charge in [-0.25, -0.2) is 0 Å². The molecule has 0 bridgehead atoms. The van der Waals surface area contributed by atoms with Crippen molar-refractivity contribution in [3.8, 4) is 5.75 Å². The van der Waals surface area contributed by atoms with E-state index >= 15 is 0 Å². The van der Waals surface area contributed by atoms with Crippen LogP contribution in [0.15, 0.2) is 21.5 Å². The molecule has 1 unspecified atom stereocenters. The third-order valence-electron chi connectivity index (χ3n) is 2.06. The smallest absolute Gasteiger partial charge is 0.227 e. The Balaban J connectivity index is 2.63. The molecule has 0 spiro atoms. The quantitative estimate of drug-likeness (QED) is 0.784. The van der Waals surface area contributed by atoms with E-state index < -0.39 is 0 Å². The number of methoxy groups -OCH3 is 1. The van der Waals surface area contributed by atoms with Crippen LogP contribution in [-0.2, 0) is 11.3 Å². The number of rotatable bonds is 6. The van der Waals surface area contributed by atoms with Crippen molar-refractivity contribution in [3.05, 3.63) is 28.3 Å². The molecule has 0 aromatic carbocycles. The van der Waals surface area contributed by atoms with Gasteiger partial charge in [0, 0.05) is 26.2 Å². The Morgan fingerprint density at radius 3 is 2.88 bits per heavy atom. The molecule has 1 heterocycles. The predicted octanol–water partition coefficient (Wildman–Crippen LogP) is 0.936. The maximum atomic E-state index is 11.5. The van der Waals surface area contributed by atoms with E-state index in [2.05, 4.69) is 0 Å². The van der Waals surface area contributed by atoms with Crippen molar-refractivity contribution >= 4 is 0 Å². The molecule has 0 aliphatic carbocycles. The first-order valence-electron chi connectivity index (χ1n) is 5.05. The lowest BCUT2D eigenvalue weighted by Gasteiger charge is -2.12. The molecule has 1 N–H and O–H groups in total. The van der Waals surface area contributed by atoms with Crippen LogP contribution >= 0.6 is 0 Å². The van der Waals surface area contributed by atoms with Crippen molar-refractivity contribution in [1.29, 1.82) is 0 Å². The van der Waals surface area contributed by atoms with Crippen LogP contribution in [-0.4, -0.2) is 24.9 Å². The molecule has 5 nitrogen and oxygen atoms in total. The summed E-state index contributed by atoms with van der Waals surface area (Å²) >= 11 is 0. The van der Waals surface area contributed by atoms with Crippen LogP contribution in [0, 0.1) is 0 Å². The lowest BCUT2D eigenvalue weighted by molar-refractivity contribution is 0.132. The van der Waals surface area contributed by atoms with Crippen LogP contribution in [0.2, 0.25) is 0 Å². The Labute approximate surface area is 93.6 Å². The van der Waals surface area contributed by atoms with Gasteiger partial charge in [-0.2, -0.15) is 0 Å². The summed E-state index contributed by atoms with van der Waals surface area (Å²) in [5.74, 6) is 0.377. The summed E-state index contributed by atoms with van der Waals surface area (Å²) in [5.41, 5.74) is -0.292. The second-order valence-electron chi connectivity index (χ2n) is 3.44. The normalized spacial score (nSPS) is 12.4. The fourth-order valence-electron chi connectivity index (χ4n) is 1.17. The molecule has 90 valence electrons. The van der Waals surface area contributed by atoms with Crippen LogP contribution in [0.5, 0.6) is 5.75 Å². The Kier molecular flexibility index (Phi) is 5.01. The first kappa shape index (κ1) is 12.7. The van der Waals surface area contributed by atoms with E-state index in [1.807, 2.05) is 6.92 Å². The molecule has 1 atom stereocenters. The molecule has 0 saturated heterocycles. The molecule has 0 saturated carbocycles. The number of hydrogen-bond acceptors (Lipinski definition) is 5. The van der Waals surface area contributed by atoms with Crippen LogP contribution in [0.3, 0.4) is 0 Å². The zero-order valence-electron chi connectivity index (χ0n) is 9.43. The molecular weight excluding hydrogens is 212 g/mol. The van der Waals surface area contributed by atoms with Gasteiger partial charge in [-0.15, -0.1) is 0 Å². The predicted molar refractivity (Wildman–Crippen MR) is 57.5 cm³/mol. The van der Waals surface area contributed by atoms with Gasteiger partial charge >= 0.3 is 0 Å². The summed E-state index contributed by atoms with van der Waals surface area (Å²) in [5, 5.41) is 8.76. The van der Waals surface area contributed by atoms with Crippen molar-refractivity contribution < 1.29 is 19.0 Å². The molecule has 0 aliphatic heterocycles. The highest BCUT2D eigenvalue weighted by Crippen LogP contribution is 2.09. The van der Waals surface area contributed by atoms with E-state index in [1.165, 1.54) is 12.3 Å². The molecule has 1 rings (SSSR count). The van der Waals surface area contributed by atoms with Gasteiger partial charge in [0.25, 0.3) is 0 Å². The van der Waals surface area contributed by atoms with Gasteiger partial charge in [-0.1, -0.05) is 0 Å². The minimum atomic E-state index is -0.297. The maximum Gasteiger partial charge on any atom is 0.227 e. The maximum absolute atomic E-state index is 11.5. The first-order chi connectivity index (χ1) is 7.67. The lowest BCUT2D eigenvalue weighted by atomic mass is 10.3. The molecule has 0 amide bonds. The fourth-order valence-corrected chi connectivity index (χ4v) is 1.17. The minimum Gasteiger partial charge on any atom is -0.484 e. The second kappa shape index (κ2) is 6.30. The highest BCUT2D eigenvalue weighted by atomic mass is 16.5. The summed E-state index contributed by atoms with van der Waals surface area (Å²) < 4.78 is 15.3. The van der Waals surface area contributed by atoms with Crippen molar-refractivity contribution in [2.24, 2.45) is 0 Å². The topological polar surface area (TPSA) is 68.9 Å². The molecule has 5 heteroatoms. The molecule has 0 radical (unpaired) electrons. The van der Waals surface area contributed by atoms with E-state index in [-0.39, 0.29) is 29.6 Å². The standard InChI is InChI=1S/C11H16O5/c1-8(3-4-14-2)16-11-7-15-9(6-12)5-10(11)13/h5,7-8,12H,3-4,6H2,1-2H3. The number of hydrogen-bond donors (Lipinski definition) is 1. The molecule has 1 aromatic heterocycles. The average Bonchev–Trinajstić information content (AvgIpc) is 2.29. The van der Waals surface area contributed by atoms with Crippen molar-refractivity contribution in [3.63, 3.8) is 0 Å². The molecular formula is C11H16O5. The van der Waals surface area contributed by atoms with Crippen LogP contribution < -0.4 is 10.2 Å². The summed E-state index contributed by atoms with van der Waals surface area (Å²) in [6, 6.07) is 1.22. The molecule has 0 fully saturated rings. The number of ether oxygens (including phenoxy) is 2. The summed E-state index contributed by atoms with van der Waals surface area (Å²) in [4.78, 5) is 11.5. The van der Waals surface area contributed by atoms with E-state index in [1.54, 1.807) is 7.11 Å². The Morgan fingerprint density at radius 1 is 1.56 bits per heavy atom. The Hall–Kier alpha value is -1.33. The van der Waals surface area contributed by atoms with E-state index in [0.717, 1.165) is 0 Å². The second-order valence-corrected chi connectivity index (χ2v) is 3.44. The van der Waals surface area contributed by atoms with Crippen molar-refractivity contribution in [1.82, 2.24) is 0 Å². The lowest BCUT2D eigenvalue weighted by Crippen LogP contribution is -2.18. The molecule has 1 aromatic rings. The van der Waals surface area contributed by atoms with Crippen LogP contribution in [0.1, 0.15) is 19.1 Å². The van der Waals surface area contributed by atoms with E-state index in [9.17, 15) is 4.79 Å². The SMILES string of the molecule is COCCC(C)Oc1coc(CO)cc1=O. The summed E-state index contributed by atoms with van der Waals surface area (Å²) in [7, 11) is 1.61. The van der Waals surface area contributed by atoms with Gasteiger partial charge in [-0.05, 0) is 6.92 Å². The summed E-state index contributed by atoms with van der Waals surface area (Å²) in [6.45, 7) is 2.12. The van der Waals surface area contributed by atoms with Crippen molar-refractivity contribution in [2.45, 2.75) is 26.1 Å². The number of aliphatic hydroxyl groups excluding tert-OH is 1. The third kappa shape index (κ3) is 3.67. The van der Waals surface area contributed by atoms with Gasteiger partial charge in [0.2, 0.25) is 11.2 Å². The minimum absolute atomic E-state index is 0.122. The monoisotopic (exact) mass is 228 g/mol. The average molecular weight is 228 g/mol. The highest BCUT2D eigenvalue weighted by molar-refractivity contribution is 5.17. The largest absolute Gasteiger partial charge is 0.484 e. The van der Waals surface area contributed by atoms with Gasteiger partial charge < -0.3 is 19.0 Å². The molecule has 0 aliphatic rings. The molecule has 16 heavy (non-hydrogen) atoms. The van der Waals surface area contributed by atoms with Gasteiger partial charge in [0.05, 0.1) is 6.10 Å². The third-order valence-corrected chi connectivity index (χ3v) is 2.06. The van der Waals surface area contributed by atoms with E-state index in [0.29, 0.717) is 13.0 Å². The zero-order valence-corrected chi connectivity index (χ0v) is 9.43. The van der Waals surface area contributed by atoms with Gasteiger partial charge in [0.1, 0.15) is 18.6 Å². The van der Waals surface area contributed by atoms with Crippen molar-refractivity contribution in [2.75, 3.05) is 13.7 Å².